The van der Waals surface area contributed by atoms with Crippen LogP contribution in [0, 0.1) is 11.2 Å². The van der Waals surface area contributed by atoms with Crippen LogP contribution < -0.4 is 4.90 Å². The Hall–Kier alpha value is -2.46. The minimum atomic E-state index is -4.31. The second-order valence-electron chi connectivity index (χ2n) is 8.22. The molecule has 5 nitrogen and oxygen atoms in total. The van der Waals surface area contributed by atoms with Gasteiger partial charge in [0.15, 0.2) is 0 Å². The van der Waals surface area contributed by atoms with E-state index in [1.807, 2.05) is 0 Å². The molecule has 2 aromatic carbocycles. The number of hydrogen-bond donors (Lipinski definition) is 0. The molecular weight excluding hydrogens is 448 g/mol. The van der Waals surface area contributed by atoms with Crippen LogP contribution in [0.3, 0.4) is 0 Å². The summed E-state index contributed by atoms with van der Waals surface area (Å²) in [5.41, 5.74) is -0.316. The van der Waals surface area contributed by atoms with Crippen LogP contribution in [0.2, 0.25) is 0 Å². The monoisotopic (exact) mass is 472 g/mol. The molecule has 0 aromatic heterocycles. The lowest BCUT2D eigenvalue weighted by Crippen LogP contribution is -2.49. The maximum atomic E-state index is 14.0. The van der Waals surface area contributed by atoms with Gasteiger partial charge in [0.1, 0.15) is 10.7 Å². The van der Waals surface area contributed by atoms with E-state index < -0.39 is 38.7 Å². The highest BCUT2D eigenvalue weighted by Crippen LogP contribution is 2.36. The summed E-state index contributed by atoms with van der Waals surface area (Å²) in [6.07, 6.45) is -4.89. The first-order valence-corrected chi connectivity index (χ1v) is 11.5. The number of carbonyl (C=O) groups excluding carboxylic acids is 1. The number of alkyl halides is 3. The number of hydrogen-bond acceptors (Lipinski definition) is 3. The van der Waals surface area contributed by atoms with Gasteiger partial charge in [0.25, 0.3) is 0 Å². The lowest BCUT2D eigenvalue weighted by molar-refractivity contribution is -0.129. The summed E-state index contributed by atoms with van der Waals surface area (Å²) in [5.74, 6) is -1.09. The predicted molar refractivity (Wildman–Crippen MR) is 112 cm³/mol. The fourth-order valence-corrected chi connectivity index (χ4v) is 5.32. The molecule has 0 saturated carbocycles. The summed E-state index contributed by atoms with van der Waals surface area (Å²) in [7, 11) is -2.48. The van der Waals surface area contributed by atoms with Crippen molar-refractivity contribution in [2.24, 2.45) is 5.41 Å². The molecule has 0 N–H and O–H groups in total. The van der Waals surface area contributed by atoms with E-state index >= 15 is 0 Å². The van der Waals surface area contributed by atoms with Gasteiger partial charge >= 0.3 is 6.18 Å². The van der Waals surface area contributed by atoms with E-state index in [1.54, 1.807) is 6.92 Å². The van der Waals surface area contributed by atoms with E-state index in [4.69, 9.17) is 0 Å². The van der Waals surface area contributed by atoms with Gasteiger partial charge in [-0.2, -0.15) is 17.5 Å². The summed E-state index contributed by atoms with van der Waals surface area (Å²) < 4.78 is 78.4. The van der Waals surface area contributed by atoms with Crippen molar-refractivity contribution in [1.82, 2.24) is 4.31 Å². The summed E-state index contributed by atoms with van der Waals surface area (Å²) >= 11 is 0. The highest BCUT2D eigenvalue weighted by molar-refractivity contribution is 7.89. The van der Waals surface area contributed by atoms with Crippen molar-refractivity contribution in [3.8, 4) is 0 Å². The predicted octanol–water partition coefficient (Wildman–Crippen LogP) is 4.38. The smallest absolute Gasteiger partial charge is 0.315 e. The van der Waals surface area contributed by atoms with Crippen molar-refractivity contribution in [3.05, 3.63) is 59.9 Å². The lowest BCUT2D eigenvalue weighted by Gasteiger charge is -2.39. The number of anilines is 1. The minimum Gasteiger partial charge on any atom is -0.315 e. The average Bonchev–Trinajstić information content (AvgIpc) is 2.72. The number of amides is 1. The Labute approximate surface area is 184 Å². The van der Waals surface area contributed by atoms with Gasteiger partial charge in [0.2, 0.25) is 15.9 Å². The normalized spacial score (nSPS) is 17.2. The molecule has 0 spiro atoms. The van der Waals surface area contributed by atoms with E-state index in [-0.39, 0.29) is 37.4 Å². The number of benzene rings is 2. The SMILES string of the molecule is CN(C(=O)C1(C)CCN(S(=O)(=O)c2ccccc2F)CC1)c1ccc(CC(F)(F)F)cc1. The van der Waals surface area contributed by atoms with Gasteiger partial charge in [0, 0.05) is 31.2 Å². The van der Waals surface area contributed by atoms with Gasteiger partial charge in [-0.1, -0.05) is 31.2 Å². The zero-order valence-corrected chi connectivity index (χ0v) is 18.5. The number of nitrogens with zero attached hydrogens (tertiary/aromatic N) is 2. The maximum Gasteiger partial charge on any atom is 0.393 e. The second-order valence-corrected chi connectivity index (χ2v) is 10.1. The van der Waals surface area contributed by atoms with E-state index in [1.165, 1.54) is 58.7 Å². The summed E-state index contributed by atoms with van der Waals surface area (Å²) in [6, 6.07) is 10.7. The Balaban J connectivity index is 1.69. The molecule has 0 unspecified atom stereocenters. The van der Waals surface area contributed by atoms with Crippen LogP contribution in [0.25, 0.3) is 0 Å². The molecular formula is C22H24F4N2O3S. The van der Waals surface area contributed by atoms with Crippen LogP contribution in [-0.2, 0) is 21.2 Å². The van der Waals surface area contributed by atoms with Crippen LogP contribution in [0.4, 0.5) is 23.2 Å². The topological polar surface area (TPSA) is 57.7 Å². The fourth-order valence-electron chi connectivity index (χ4n) is 3.82. The highest BCUT2D eigenvalue weighted by Gasteiger charge is 2.42. The molecule has 10 heteroatoms. The Morgan fingerprint density at radius 1 is 1.06 bits per heavy atom. The quantitative estimate of drug-likeness (QED) is 0.607. The van der Waals surface area contributed by atoms with Gasteiger partial charge in [-0.25, -0.2) is 12.8 Å². The van der Waals surface area contributed by atoms with Crippen LogP contribution in [0.5, 0.6) is 0 Å². The zero-order chi connectivity index (χ0) is 23.7. The Morgan fingerprint density at radius 3 is 2.16 bits per heavy atom. The maximum absolute atomic E-state index is 14.0. The molecule has 1 aliphatic rings. The third-order valence-electron chi connectivity index (χ3n) is 5.83. The average molecular weight is 473 g/mol. The van der Waals surface area contributed by atoms with Crippen molar-refractivity contribution >= 4 is 21.6 Å². The Morgan fingerprint density at radius 2 is 1.62 bits per heavy atom. The molecule has 0 aliphatic carbocycles. The second kappa shape index (κ2) is 8.82. The summed E-state index contributed by atoms with van der Waals surface area (Å²) in [5, 5.41) is 0. The van der Waals surface area contributed by atoms with Crippen molar-refractivity contribution in [2.45, 2.75) is 37.3 Å². The van der Waals surface area contributed by atoms with Crippen molar-refractivity contribution < 1.29 is 30.8 Å². The number of carbonyl (C=O) groups is 1. The third-order valence-corrected chi connectivity index (χ3v) is 7.76. The number of sulfonamides is 1. The first-order valence-electron chi connectivity index (χ1n) is 10.0. The number of halogens is 4. The molecule has 2 aromatic rings. The number of rotatable bonds is 5. The van der Waals surface area contributed by atoms with Gasteiger partial charge in [0.05, 0.1) is 6.42 Å². The van der Waals surface area contributed by atoms with E-state index in [9.17, 15) is 30.8 Å². The molecule has 0 radical (unpaired) electrons. The lowest BCUT2D eigenvalue weighted by atomic mass is 9.79. The molecule has 1 aliphatic heterocycles. The molecule has 0 atom stereocenters. The van der Waals surface area contributed by atoms with Gasteiger partial charge in [-0.05, 0) is 42.7 Å². The van der Waals surface area contributed by atoms with Gasteiger partial charge in [-0.15, -0.1) is 0 Å². The molecule has 32 heavy (non-hydrogen) atoms. The zero-order valence-electron chi connectivity index (χ0n) is 17.7. The molecule has 1 amide bonds. The molecule has 1 fully saturated rings. The van der Waals surface area contributed by atoms with Crippen LogP contribution in [-0.4, -0.2) is 44.9 Å². The largest absolute Gasteiger partial charge is 0.393 e. The van der Waals surface area contributed by atoms with Crippen molar-refractivity contribution in [2.75, 3.05) is 25.0 Å². The standard InChI is InChI=1S/C22H24F4N2O3S/c1-21(20(29)27(2)17-9-7-16(8-10-17)15-22(24,25)26)11-13-28(14-12-21)32(30,31)19-6-4-3-5-18(19)23/h3-10H,11-15H2,1-2H3. The molecule has 0 bridgehead atoms. The van der Waals surface area contributed by atoms with E-state index in [2.05, 4.69) is 0 Å². The Kier molecular flexibility index (Phi) is 6.67. The third kappa shape index (κ3) is 5.12. The minimum absolute atomic E-state index is 0.0528. The van der Waals surface area contributed by atoms with Crippen molar-refractivity contribution in [3.63, 3.8) is 0 Å². The van der Waals surface area contributed by atoms with Crippen LogP contribution in [0.15, 0.2) is 53.4 Å². The molecule has 1 saturated heterocycles. The first-order chi connectivity index (χ1) is 14.8. The molecule has 174 valence electrons. The summed E-state index contributed by atoms with van der Waals surface area (Å²) in [6.45, 7) is 1.84. The van der Waals surface area contributed by atoms with Gasteiger partial charge < -0.3 is 4.90 Å². The number of piperidine rings is 1. The van der Waals surface area contributed by atoms with E-state index in [0.29, 0.717) is 5.69 Å². The Bertz CT molecular complexity index is 1080. The van der Waals surface area contributed by atoms with Crippen LogP contribution >= 0.6 is 0 Å². The highest BCUT2D eigenvalue weighted by atomic mass is 32.2. The van der Waals surface area contributed by atoms with Crippen molar-refractivity contribution in [1.29, 1.82) is 0 Å². The molecule has 1 heterocycles. The molecule has 3 rings (SSSR count). The fraction of sp³-hybridized carbons (Fsp3) is 0.409. The van der Waals surface area contributed by atoms with Crippen LogP contribution in [0.1, 0.15) is 25.3 Å². The van der Waals surface area contributed by atoms with E-state index in [0.717, 1.165) is 6.07 Å². The van der Waals surface area contributed by atoms with Gasteiger partial charge in [-0.3, -0.25) is 4.79 Å². The summed E-state index contributed by atoms with van der Waals surface area (Å²) in [4.78, 5) is 14.1. The first kappa shape index (κ1) is 24.2.